The van der Waals surface area contributed by atoms with Crippen molar-refractivity contribution in [2.24, 2.45) is 7.05 Å². The molecular weight excluding hydrogens is 358 g/mol. The SMILES string of the molecule is Cn1nc(C(=O)N2CCOCC2)cc1C(=O)NCCn1cc([N+](=O)[O-])cn1. The van der Waals surface area contributed by atoms with E-state index in [0.29, 0.717) is 26.3 Å². The van der Waals surface area contributed by atoms with Gasteiger partial charge in [0.25, 0.3) is 11.8 Å². The van der Waals surface area contributed by atoms with Gasteiger partial charge in [-0.2, -0.15) is 10.2 Å². The molecule has 0 atom stereocenters. The van der Waals surface area contributed by atoms with Gasteiger partial charge in [-0.25, -0.2) is 0 Å². The van der Waals surface area contributed by atoms with Crippen LogP contribution < -0.4 is 5.32 Å². The summed E-state index contributed by atoms with van der Waals surface area (Å²) in [6, 6.07) is 1.45. The van der Waals surface area contributed by atoms with Crippen molar-refractivity contribution >= 4 is 17.5 Å². The third-order valence-electron chi connectivity index (χ3n) is 4.09. The summed E-state index contributed by atoms with van der Waals surface area (Å²) in [5.41, 5.74) is 0.338. The molecular formula is C15H19N7O5. The molecule has 12 heteroatoms. The van der Waals surface area contributed by atoms with Gasteiger partial charge >= 0.3 is 5.69 Å². The first-order valence-corrected chi connectivity index (χ1v) is 8.32. The van der Waals surface area contributed by atoms with Crippen molar-refractivity contribution in [2.45, 2.75) is 6.54 Å². The summed E-state index contributed by atoms with van der Waals surface area (Å²) in [4.78, 5) is 36.5. The van der Waals surface area contributed by atoms with E-state index in [9.17, 15) is 19.7 Å². The van der Waals surface area contributed by atoms with Crippen molar-refractivity contribution in [1.82, 2.24) is 29.8 Å². The van der Waals surface area contributed by atoms with Crippen LogP contribution in [-0.4, -0.2) is 74.0 Å². The van der Waals surface area contributed by atoms with E-state index < -0.39 is 10.8 Å². The number of carbonyl (C=O) groups excluding carboxylic acids is 2. The largest absolute Gasteiger partial charge is 0.378 e. The number of aryl methyl sites for hydroxylation is 1. The number of nitrogens with zero attached hydrogens (tertiary/aromatic N) is 6. The number of aromatic nitrogens is 4. The highest BCUT2D eigenvalue weighted by molar-refractivity contribution is 5.97. The number of nitro groups is 1. The molecule has 1 aliphatic heterocycles. The fourth-order valence-electron chi connectivity index (χ4n) is 2.66. The Morgan fingerprint density at radius 1 is 1.37 bits per heavy atom. The van der Waals surface area contributed by atoms with Crippen molar-refractivity contribution < 1.29 is 19.2 Å². The summed E-state index contributed by atoms with van der Waals surface area (Å²) in [5, 5.41) is 21.3. The summed E-state index contributed by atoms with van der Waals surface area (Å²) in [7, 11) is 1.59. The fourth-order valence-corrected chi connectivity index (χ4v) is 2.66. The lowest BCUT2D eigenvalue weighted by atomic mass is 10.3. The molecule has 1 fully saturated rings. The Morgan fingerprint density at radius 2 is 2.11 bits per heavy atom. The lowest BCUT2D eigenvalue weighted by Crippen LogP contribution is -2.40. The molecule has 3 heterocycles. The number of rotatable bonds is 6. The van der Waals surface area contributed by atoms with Crippen LogP contribution in [0.2, 0.25) is 0 Å². The molecule has 1 aliphatic rings. The maximum absolute atomic E-state index is 12.4. The molecule has 0 saturated carbocycles. The standard InChI is InChI=1S/C15H19N7O5/c1-19-13(8-12(18-19)15(24)20-4-6-27-7-5-20)14(23)16-2-3-21-10-11(9-17-21)22(25)26/h8-10H,2-7H2,1H3,(H,16,23). The van der Waals surface area contributed by atoms with Crippen molar-refractivity contribution in [3.8, 4) is 0 Å². The molecule has 0 aromatic carbocycles. The monoisotopic (exact) mass is 377 g/mol. The van der Waals surface area contributed by atoms with Gasteiger partial charge in [0.15, 0.2) is 5.69 Å². The molecule has 3 rings (SSSR count). The molecule has 2 amide bonds. The number of hydrogen-bond acceptors (Lipinski definition) is 7. The van der Waals surface area contributed by atoms with Gasteiger partial charge in [-0.05, 0) is 0 Å². The first-order chi connectivity index (χ1) is 13.0. The summed E-state index contributed by atoms with van der Waals surface area (Å²) >= 11 is 0. The number of nitrogens with one attached hydrogen (secondary N) is 1. The second-order valence-electron chi connectivity index (χ2n) is 5.92. The molecule has 1 saturated heterocycles. The molecule has 0 bridgehead atoms. The Labute approximate surface area is 153 Å². The van der Waals surface area contributed by atoms with Gasteiger partial charge in [0.2, 0.25) is 0 Å². The Balaban J connectivity index is 1.57. The third kappa shape index (κ3) is 4.28. The van der Waals surface area contributed by atoms with E-state index in [1.807, 2.05) is 0 Å². The van der Waals surface area contributed by atoms with Crippen LogP contribution in [0.4, 0.5) is 5.69 Å². The van der Waals surface area contributed by atoms with E-state index >= 15 is 0 Å². The summed E-state index contributed by atoms with van der Waals surface area (Å²) < 4.78 is 7.94. The average Bonchev–Trinajstić information content (AvgIpc) is 3.29. The lowest BCUT2D eigenvalue weighted by molar-refractivity contribution is -0.385. The van der Waals surface area contributed by atoms with E-state index in [-0.39, 0.29) is 36.1 Å². The Bertz CT molecular complexity index is 853. The molecule has 2 aromatic heterocycles. The van der Waals surface area contributed by atoms with Crippen LogP contribution >= 0.6 is 0 Å². The van der Waals surface area contributed by atoms with E-state index in [2.05, 4.69) is 15.5 Å². The molecule has 12 nitrogen and oxygen atoms in total. The third-order valence-corrected chi connectivity index (χ3v) is 4.09. The zero-order valence-electron chi connectivity index (χ0n) is 14.7. The predicted octanol–water partition coefficient (Wildman–Crippen LogP) is -0.573. The first-order valence-electron chi connectivity index (χ1n) is 8.32. The second kappa shape index (κ2) is 7.95. The minimum absolute atomic E-state index is 0.112. The molecule has 0 spiro atoms. The van der Waals surface area contributed by atoms with Crippen LogP contribution in [0.25, 0.3) is 0 Å². The fraction of sp³-hybridized carbons (Fsp3) is 0.467. The highest BCUT2D eigenvalue weighted by Crippen LogP contribution is 2.09. The molecule has 0 unspecified atom stereocenters. The van der Waals surface area contributed by atoms with Crippen LogP contribution in [0.5, 0.6) is 0 Å². The quantitative estimate of drug-likeness (QED) is 0.525. The predicted molar refractivity (Wildman–Crippen MR) is 91.1 cm³/mol. The zero-order chi connectivity index (χ0) is 19.4. The van der Waals surface area contributed by atoms with Crippen LogP contribution in [0.3, 0.4) is 0 Å². The summed E-state index contributed by atoms with van der Waals surface area (Å²) in [6.45, 7) is 2.45. The molecule has 0 radical (unpaired) electrons. The second-order valence-corrected chi connectivity index (χ2v) is 5.92. The highest BCUT2D eigenvalue weighted by Gasteiger charge is 2.23. The normalized spacial score (nSPS) is 14.2. The van der Waals surface area contributed by atoms with Gasteiger partial charge in [-0.3, -0.25) is 29.1 Å². The van der Waals surface area contributed by atoms with Gasteiger partial charge in [0, 0.05) is 32.7 Å². The van der Waals surface area contributed by atoms with Gasteiger partial charge < -0.3 is 15.0 Å². The van der Waals surface area contributed by atoms with Crippen molar-refractivity contribution in [3.05, 3.63) is 40.0 Å². The van der Waals surface area contributed by atoms with Crippen molar-refractivity contribution in [1.29, 1.82) is 0 Å². The Kier molecular flexibility index (Phi) is 5.45. The maximum atomic E-state index is 12.4. The molecule has 144 valence electrons. The number of ether oxygens (including phenoxy) is 1. The van der Waals surface area contributed by atoms with Crippen molar-refractivity contribution in [3.63, 3.8) is 0 Å². The highest BCUT2D eigenvalue weighted by atomic mass is 16.6. The van der Waals surface area contributed by atoms with Crippen LogP contribution in [0.1, 0.15) is 21.0 Å². The Hall–Kier alpha value is -3.28. The number of hydrogen-bond donors (Lipinski definition) is 1. The lowest BCUT2D eigenvalue weighted by Gasteiger charge is -2.25. The van der Waals surface area contributed by atoms with E-state index in [1.54, 1.807) is 11.9 Å². The number of carbonyl (C=O) groups is 2. The van der Waals surface area contributed by atoms with Crippen LogP contribution in [-0.2, 0) is 18.3 Å². The minimum atomic E-state index is -0.537. The minimum Gasteiger partial charge on any atom is -0.378 e. The number of morpholine rings is 1. The summed E-state index contributed by atoms with van der Waals surface area (Å²) in [5.74, 6) is -0.635. The first kappa shape index (κ1) is 18.5. The Morgan fingerprint density at radius 3 is 2.78 bits per heavy atom. The van der Waals surface area contributed by atoms with Gasteiger partial charge in [0.05, 0.1) is 24.7 Å². The molecule has 0 aliphatic carbocycles. The van der Waals surface area contributed by atoms with Crippen LogP contribution in [0, 0.1) is 10.1 Å². The topological polar surface area (TPSA) is 137 Å². The van der Waals surface area contributed by atoms with Crippen molar-refractivity contribution in [2.75, 3.05) is 32.8 Å². The molecule has 1 N–H and O–H groups in total. The number of amides is 2. The molecule has 27 heavy (non-hydrogen) atoms. The van der Waals surface area contributed by atoms with Gasteiger partial charge in [0.1, 0.15) is 18.1 Å². The summed E-state index contributed by atoms with van der Waals surface area (Å²) in [6.07, 6.45) is 2.43. The average molecular weight is 377 g/mol. The molecule has 2 aromatic rings. The van der Waals surface area contributed by atoms with E-state index in [4.69, 9.17) is 4.74 Å². The zero-order valence-corrected chi connectivity index (χ0v) is 14.7. The van der Waals surface area contributed by atoms with E-state index in [0.717, 1.165) is 6.20 Å². The van der Waals surface area contributed by atoms with Crippen LogP contribution in [0.15, 0.2) is 18.5 Å². The maximum Gasteiger partial charge on any atom is 0.306 e. The smallest absolute Gasteiger partial charge is 0.306 e. The van der Waals surface area contributed by atoms with E-state index in [1.165, 1.54) is 21.6 Å². The van der Waals surface area contributed by atoms with Gasteiger partial charge in [-0.15, -0.1) is 0 Å². The van der Waals surface area contributed by atoms with Gasteiger partial charge in [-0.1, -0.05) is 0 Å².